The molecule has 0 aromatic carbocycles. The van der Waals surface area contributed by atoms with Gasteiger partial charge in [-0.15, -0.1) is 0 Å². The summed E-state index contributed by atoms with van der Waals surface area (Å²) in [5.74, 6) is -1.70. The van der Waals surface area contributed by atoms with Crippen molar-refractivity contribution in [3.05, 3.63) is 0 Å². The van der Waals surface area contributed by atoms with Crippen molar-refractivity contribution >= 4 is 0 Å². The van der Waals surface area contributed by atoms with Gasteiger partial charge in [-0.3, -0.25) is 4.90 Å². The van der Waals surface area contributed by atoms with E-state index in [0.29, 0.717) is 19.3 Å². The standard InChI is InChI=1S/C12H23F2N.C4H10/c1-5-11(6-2)7-8-15(10(3)4)9-12(11,13)14;1-4(2)3/h10H,5-9H2,1-4H3;4H,1-3H3. The molecule has 0 radical (unpaired) electrons. The molecule has 1 rings (SSSR count). The van der Waals surface area contributed by atoms with Crippen LogP contribution in [-0.2, 0) is 0 Å². The SMILES string of the molecule is CC(C)C.CCC1(CC)CCN(C(C)C)CC1(F)F. The number of likely N-dealkylation sites (tertiary alicyclic amines) is 1. The van der Waals surface area contributed by atoms with E-state index in [9.17, 15) is 8.78 Å². The Kier molecular flexibility index (Phi) is 7.49. The molecule has 0 unspecified atom stereocenters. The van der Waals surface area contributed by atoms with E-state index in [4.69, 9.17) is 0 Å². The normalized spacial score (nSPS) is 22.3. The van der Waals surface area contributed by atoms with Crippen LogP contribution in [0.15, 0.2) is 0 Å². The van der Waals surface area contributed by atoms with Gasteiger partial charge in [-0.1, -0.05) is 34.6 Å². The van der Waals surface area contributed by atoms with Crippen LogP contribution in [0.25, 0.3) is 0 Å². The molecule has 1 aliphatic rings. The van der Waals surface area contributed by atoms with Crippen molar-refractivity contribution in [1.29, 1.82) is 0 Å². The lowest BCUT2D eigenvalue weighted by atomic mass is 9.71. The molecule has 0 bridgehead atoms. The van der Waals surface area contributed by atoms with Crippen molar-refractivity contribution in [3.8, 4) is 0 Å². The molecule has 3 heteroatoms. The van der Waals surface area contributed by atoms with Gasteiger partial charge in [-0.2, -0.15) is 0 Å². The van der Waals surface area contributed by atoms with Crippen LogP contribution in [0, 0.1) is 11.3 Å². The molecule has 1 aliphatic heterocycles. The minimum atomic E-state index is -2.53. The zero-order chi connectivity index (χ0) is 15.3. The average Bonchev–Trinajstić information content (AvgIpc) is 2.27. The molecular formula is C16H33F2N. The van der Waals surface area contributed by atoms with E-state index in [1.54, 1.807) is 0 Å². The van der Waals surface area contributed by atoms with Gasteiger partial charge in [0, 0.05) is 11.5 Å². The van der Waals surface area contributed by atoms with Crippen molar-refractivity contribution in [2.45, 2.75) is 79.7 Å². The highest BCUT2D eigenvalue weighted by molar-refractivity contribution is 4.97. The Morgan fingerprint density at radius 1 is 1.00 bits per heavy atom. The van der Waals surface area contributed by atoms with Crippen molar-refractivity contribution in [3.63, 3.8) is 0 Å². The molecule has 0 aliphatic carbocycles. The van der Waals surface area contributed by atoms with Crippen molar-refractivity contribution in [2.75, 3.05) is 13.1 Å². The molecule has 1 heterocycles. The molecule has 1 saturated heterocycles. The van der Waals surface area contributed by atoms with Crippen LogP contribution >= 0.6 is 0 Å². The predicted octanol–water partition coefficient (Wildman–Crippen LogP) is 5.20. The summed E-state index contributed by atoms with van der Waals surface area (Å²) in [4.78, 5) is 1.89. The monoisotopic (exact) mass is 277 g/mol. The van der Waals surface area contributed by atoms with E-state index >= 15 is 0 Å². The highest BCUT2D eigenvalue weighted by Crippen LogP contribution is 2.48. The van der Waals surface area contributed by atoms with Gasteiger partial charge in [0.15, 0.2) is 0 Å². The Hall–Kier alpha value is -0.180. The second-order valence-corrected chi connectivity index (χ2v) is 6.74. The number of hydrogen-bond acceptors (Lipinski definition) is 1. The average molecular weight is 277 g/mol. The molecular weight excluding hydrogens is 244 g/mol. The zero-order valence-corrected chi connectivity index (χ0v) is 13.9. The van der Waals surface area contributed by atoms with Crippen LogP contribution in [0.4, 0.5) is 8.78 Å². The van der Waals surface area contributed by atoms with E-state index in [-0.39, 0.29) is 12.6 Å². The third-order valence-electron chi connectivity index (χ3n) is 4.14. The fourth-order valence-corrected chi connectivity index (χ4v) is 2.60. The van der Waals surface area contributed by atoms with Gasteiger partial charge in [0.1, 0.15) is 0 Å². The molecule has 1 fully saturated rings. The molecule has 0 amide bonds. The summed E-state index contributed by atoms with van der Waals surface area (Å²) in [6, 6.07) is 0.225. The molecule has 0 spiro atoms. The summed E-state index contributed by atoms with van der Waals surface area (Å²) in [5, 5.41) is 0. The lowest BCUT2D eigenvalue weighted by Crippen LogP contribution is -2.56. The smallest absolute Gasteiger partial charge is 0.266 e. The number of halogens is 2. The van der Waals surface area contributed by atoms with Crippen molar-refractivity contribution < 1.29 is 8.78 Å². The second-order valence-electron chi connectivity index (χ2n) is 6.74. The number of alkyl halides is 2. The van der Waals surface area contributed by atoms with Crippen LogP contribution in [0.3, 0.4) is 0 Å². The third-order valence-corrected chi connectivity index (χ3v) is 4.14. The molecule has 0 aromatic heterocycles. The van der Waals surface area contributed by atoms with Crippen molar-refractivity contribution in [1.82, 2.24) is 4.90 Å². The maximum Gasteiger partial charge on any atom is 0.266 e. The lowest BCUT2D eigenvalue weighted by Gasteiger charge is -2.48. The van der Waals surface area contributed by atoms with Gasteiger partial charge in [-0.25, -0.2) is 8.78 Å². The number of piperidine rings is 1. The molecule has 0 saturated carbocycles. The molecule has 0 N–H and O–H groups in total. The highest BCUT2D eigenvalue weighted by Gasteiger charge is 2.54. The molecule has 0 aromatic rings. The largest absolute Gasteiger partial charge is 0.295 e. The Morgan fingerprint density at radius 3 is 1.68 bits per heavy atom. The Labute approximate surface area is 118 Å². The van der Waals surface area contributed by atoms with E-state index < -0.39 is 11.3 Å². The molecule has 0 atom stereocenters. The molecule has 1 nitrogen and oxygen atoms in total. The first kappa shape index (κ1) is 18.8. The second kappa shape index (κ2) is 7.56. The maximum atomic E-state index is 14.1. The summed E-state index contributed by atoms with van der Waals surface area (Å²) < 4.78 is 28.2. The van der Waals surface area contributed by atoms with Crippen LogP contribution in [0.1, 0.15) is 67.7 Å². The summed E-state index contributed by atoms with van der Waals surface area (Å²) >= 11 is 0. The van der Waals surface area contributed by atoms with Gasteiger partial charge in [0.25, 0.3) is 5.92 Å². The van der Waals surface area contributed by atoms with Gasteiger partial charge in [0.2, 0.25) is 0 Å². The van der Waals surface area contributed by atoms with Gasteiger partial charge < -0.3 is 0 Å². The minimum Gasteiger partial charge on any atom is -0.295 e. The van der Waals surface area contributed by atoms with Gasteiger partial charge in [0.05, 0.1) is 6.54 Å². The first-order valence-electron chi connectivity index (χ1n) is 7.73. The molecule has 116 valence electrons. The highest BCUT2D eigenvalue weighted by atomic mass is 19.3. The van der Waals surface area contributed by atoms with E-state index in [2.05, 4.69) is 20.8 Å². The summed E-state index contributed by atoms with van der Waals surface area (Å²) in [6.07, 6.45) is 1.80. The van der Waals surface area contributed by atoms with Crippen LogP contribution in [-0.4, -0.2) is 30.0 Å². The minimum absolute atomic E-state index is 0.0631. The third kappa shape index (κ3) is 5.02. The first-order valence-corrected chi connectivity index (χ1v) is 7.73. The Balaban J connectivity index is 0.000000711. The van der Waals surface area contributed by atoms with Gasteiger partial charge >= 0.3 is 0 Å². The Bertz CT molecular complexity index is 242. The quantitative estimate of drug-likeness (QED) is 0.685. The number of nitrogens with zero attached hydrogens (tertiary/aromatic N) is 1. The summed E-state index contributed by atoms with van der Waals surface area (Å²) in [5.41, 5.74) is -0.752. The Morgan fingerprint density at radius 2 is 1.42 bits per heavy atom. The fourth-order valence-electron chi connectivity index (χ4n) is 2.60. The van der Waals surface area contributed by atoms with Crippen LogP contribution in [0.2, 0.25) is 0 Å². The fraction of sp³-hybridized carbons (Fsp3) is 1.00. The summed E-state index contributed by atoms with van der Waals surface area (Å²) in [7, 11) is 0. The van der Waals surface area contributed by atoms with Crippen LogP contribution in [0.5, 0.6) is 0 Å². The maximum absolute atomic E-state index is 14.1. The van der Waals surface area contributed by atoms with E-state index in [1.807, 2.05) is 32.6 Å². The predicted molar refractivity (Wildman–Crippen MR) is 79.8 cm³/mol. The summed E-state index contributed by atoms with van der Waals surface area (Å²) in [6.45, 7) is 15.0. The number of hydrogen-bond donors (Lipinski definition) is 0. The van der Waals surface area contributed by atoms with Crippen LogP contribution < -0.4 is 0 Å². The van der Waals surface area contributed by atoms with E-state index in [1.165, 1.54) is 0 Å². The molecule has 19 heavy (non-hydrogen) atoms. The number of rotatable bonds is 3. The topological polar surface area (TPSA) is 3.24 Å². The lowest BCUT2D eigenvalue weighted by molar-refractivity contribution is -0.176. The van der Waals surface area contributed by atoms with Crippen molar-refractivity contribution in [2.24, 2.45) is 11.3 Å². The van der Waals surface area contributed by atoms with E-state index in [0.717, 1.165) is 12.5 Å². The van der Waals surface area contributed by atoms with Gasteiger partial charge in [-0.05, 0) is 45.6 Å². The zero-order valence-electron chi connectivity index (χ0n) is 13.9. The first-order chi connectivity index (χ1) is 8.62.